The maximum absolute atomic E-state index is 13.5. The highest BCUT2D eigenvalue weighted by Crippen LogP contribution is 2.37. The molecule has 0 radical (unpaired) electrons. The lowest BCUT2D eigenvalue weighted by Gasteiger charge is -2.39. The Morgan fingerprint density at radius 3 is 2.27 bits per heavy atom. The van der Waals surface area contributed by atoms with Gasteiger partial charge in [0.25, 0.3) is 5.91 Å². The number of carbonyl (C=O) groups is 1. The van der Waals surface area contributed by atoms with Crippen molar-refractivity contribution < 1.29 is 23.2 Å². The van der Waals surface area contributed by atoms with Gasteiger partial charge in [0, 0.05) is 36.5 Å². The number of hydrogen-bond donors (Lipinski definition) is 2. The Morgan fingerprint density at radius 2 is 1.70 bits per heavy atom. The van der Waals surface area contributed by atoms with Gasteiger partial charge in [0.1, 0.15) is 0 Å². The van der Waals surface area contributed by atoms with E-state index < -0.39 is 20.5 Å². The number of likely N-dealkylation sites (tertiary alicyclic amines) is 1. The van der Waals surface area contributed by atoms with Gasteiger partial charge >= 0.3 is 0 Å². The summed E-state index contributed by atoms with van der Waals surface area (Å²) in [5, 5.41) is 9.28. The lowest BCUT2D eigenvalue weighted by molar-refractivity contribution is -0.133. The summed E-state index contributed by atoms with van der Waals surface area (Å²) in [6, 6.07) is 16.3. The van der Waals surface area contributed by atoms with Crippen LogP contribution < -0.4 is 5.48 Å². The summed E-state index contributed by atoms with van der Waals surface area (Å²) in [6.45, 7) is 2.06. The highest BCUT2D eigenvalue weighted by molar-refractivity contribution is 7.99. The minimum Gasteiger partial charge on any atom is -0.383 e. The molecule has 9 heteroatoms. The topological polar surface area (TPSA) is 95.9 Å². The zero-order valence-electron chi connectivity index (χ0n) is 16.8. The molecule has 0 spiro atoms. The third-order valence-corrected chi connectivity index (χ3v) is 8.95. The van der Waals surface area contributed by atoms with Gasteiger partial charge in [-0.15, -0.1) is 0 Å². The number of rotatable bonds is 8. The summed E-state index contributed by atoms with van der Waals surface area (Å²) in [5.74, 6) is -0.878. The van der Waals surface area contributed by atoms with Crippen LogP contribution in [0.2, 0.25) is 0 Å². The van der Waals surface area contributed by atoms with Crippen molar-refractivity contribution in [3.8, 4) is 0 Å². The van der Waals surface area contributed by atoms with Crippen molar-refractivity contribution in [1.82, 2.24) is 10.4 Å². The zero-order valence-corrected chi connectivity index (χ0v) is 18.4. The molecular weight excluding hydrogens is 424 g/mol. The molecule has 1 heterocycles. The Kier molecular flexibility index (Phi) is 7.54. The molecule has 2 aromatic carbocycles. The van der Waals surface area contributed by atoms with Gasteiger partial charge in [-0.05, 0) is 49.2 Å². The van der Waals surface area contributed by atoms with E-state index in [1.807, 2.05) is 30.3 Å². The van der Waals surface area contributed by atoms with Gasteiger partial charge < -0.3 is 9.64 Å². The van der Waals surface area contributed by atoms with Crippen LogP contribution in [0.15, 0.2) is 69.3 Å². The summed E-state index contributed by atoms with van der Waals surface area (Å²) in [4.78, 5) is 16.6. The van der Waals surface area contributed by atoms with Crippen LogP contribution in [0.1, 0.15) is 12.8 Å². The Hall–Kier alpha value is -1.91. The average Bonchev–Trinajstić information content (AvgIpc) is 2.78. The van der Waals surface area contributed by atoms with Crippen molar-refractivity contribution in [2.24, 2.45) is 0 Å². The molecule has 1 saturated heterocycles. The first-order chi connectivity index (χ1) is 14.4. The molecule has 1 fully saturated rings. The summed E-state index contributed by atoms with van der Waals surface area (Å²) < 4.78 is 30.3. The van der Waals surface area contributed by atoms with Crippen LogP contribution in [0, 0.1) is 0 Å². The number of nitrogens with zero attached hydrogens (tertiary/aromatic N) is 1. The van der Waals surface area contributed by atoms with Crippen LogP contribution in [0.4, 0.5) is 0 Å². The molecule has 0 aliphatic carbocycles. The molecule has 7 nitrogen and oxygen atoms in total. The maximum Gasteiger partial charge on any atom is 0.265 e. The molecule has 2 aromatic rings. The molecule has 2 N–H and O–H groups in total. The van der Waals surface area contributed by atoms with Crippen LogP contribution in [0.5, 0.6) is 0 Å². The van der Waals surface area contributed by atoms with Crippen molar-refractivity contribution in [1.29, 1.82) is 0 Å². The number of benzene rings is 2. The lowest BCUT2D eigenvalue weighted by Crippen LogP contribution is -2.58. The van der Waals surface area contributed by atoms with Crippen LogP contribution in [0.25, 0.3) is 0 Å². The van der Waals surface area contributed by atoms with Gasteiger partial charge in [-0.3, -0.25) is 10.0 Å². The lowest BCUT2D eigenvalue weighted by atomic mass is 9.95. The van der Waals surface area contributed by atoms with Crippen LogP contribution in [-0.4, -0.2) is 62.5 Å². The molecule has 3 rings (SSSR count). The highest BCUT2D eigenvalue weighted by atomic mass is 32.2. The third-order valence-electron chi connectivity index (χ3n) is 5.42. The molecule has 1 aliphatic rings. The van der Waals surface area contributed by atoms with Crippen molar-refractivity contribution in [3.63, 3.8) is 0 Å². The molecule has 1 aliphatic heterocycles. The minimum atomic E-state index is -4.01. The van der Waals surface area contributed by atoms with Crippen LogP contribution in [0.3, 0.4) is 0 Å². The molecule has 0 saturated carbocycles. The number of hydrogen-bond acceptors (Lipinski definition) is 7. The number of sulfone groups is 1. The minimum absolute atomic E-state index is 0.0776. The second-order valence-corrected chi connectivity index (χ2v) is 10.6. The van der Waals surface area contributed by atoms with E-state index in [1.54, 1.807) is 24.7 Å². The molecule has 0 unspecified atom stereocenters. The first-order valence-electron chi connectivity index (χ1n) is 9.66. The second-order valence-electron chi connectivity index (χ2n) is 7.16. The van der Waals surface area contributed by atoms with Gasteiger partial charge in [-0.25, -0.2) is 13.9 Å². The fourth-order valence-electron chi connectivity index (χ4n) is 3.61. The van der Waals surface area contributed by atoms with Crippen molar-refractivity contribution in [2.75, 3.05) is 33.4 Å². The molecule has 162 valence electrons. The number of nitrogens with one attached hydrogen (secondary N) is 1. The number of piperidine rings is 1. The Bertz CT molecular complexity index is 941. The zero-order chi connectivity index (χ0) is 21.6. The number of ether oxygens (including phenoxy) is 1. The standard InChI is InChI=1S/C21H26N2O5S2/c1-28-16-15-23-13-11-21(12-14-23,20(24)22-25)30(26,27)19-9-7-18(8-10-19)29-17-5-3-2-4-6-17/h2-10,25H,11-16H2,1H3,(H,22,24). The Morgan fingerprint density at radius 1 is 1.10 bits per heavy atom. The predicted molar refractivity (Wildman–Crippen MR) is 114 cm³/mol. The summed E-state index contributed by atoms with van der Waals surface area (Å²) in [6.07, 6.45) is 0.206. The summed E-state index contributed by atoms with van der Waals surface area (Å²) in [7, 11) is -2.40. The van der Waals surface area contributed by atoms with E-state index in [0.29, 0.717) is 26.2 Å². The van der Waals surface area contributed by atoms with Crippen LogP contribution in [-0.2, 0) is 19.4 Å². The summed E-state index contributed by atoms with van der Waals surface area (Å²) >= 11 is 1.53. The van der Waals surface area contributed by atoms with Crippen molar-refractivity contribution >= 4 is 27.5 Å². The monoisotopic (exact) mass is 450 g/mol. The Labute approximate surface area is 181 Å². The van der Waals surface area contributed by atoms with Crippen molar-refractivity contribution in [3.05, 3.63) is 54.6 Å². The number of methoxy groups -OCH3 is 1. The fraction of sp³-hybridized carbons (Fsp3) is 0.381. The van der Waals surface area contributed by atoms with E-state index in [2.05, 4.69) is 4.90 Å². The van der Waals surface area contributed by atoms with E-state index in [1.165, 1.54) is 23.9 Å². The van der Waals surface area contributed by atoms with E-state index in [9.17, 15) is 18.4 Å². The van der Waals surface area contributed by atoms with Gasteiger partial charge in [-0.1, -0.05) is 30.0 Å². The van der Waals surface area contributed by atoms with Crippen LogP contribution >= 0.6 is 11.8 Å². The molecule has 30 heavy (non-hydrogen) atoms. The van der Waals surface area contributed by atoms with E-state index in [-0.39, 0.29) is 17.7 Å². The van der Waals surface area contributed by atoms with Gasteiger partial charge in [0.05, 0.1) is 11.5 Å². The number of carbonyl (C=O) groups excluding carboxylic acids is 1. The van der Waals surface area contributed by atoms with Gasteiger partial charge in [0.2, 0.25) is 0 Å². The maximum atomic E-state index is 13.5. The SMILES string of the molecule is COCCN1CCC(C(=O)NO)(S(=O)(=O)c2ccc(Sc3ccccc3)cc2)CC1. The first-order valence-corrected chi connectivity index (χ1v) is 12.0. The molecule has 0 bridgehead atoms. The Balaban J connectivity index is 1.82. The smallest absolute Gasteiger partial charge is 0.265 e. The molecule has 1 amide bonds. The van der Waals surface area contributed by atoms with E-state index >= 15 is 0 Å². The fourth-order valence-corrected chi connectivity index (χ4v) is 6.41. The molecule has 0 atom stereocenters. The highest BCUT2D eigenvalue weighted by Gasteiger charge is 2.52. The quantitative estimate of drug-likeness (QED) is 0.471. The average molecular weight is 451 g/mol. The summed E-state index contributed by atoms with van der Waals surface area (Å²) in [5.41, 5.74) is 1.59. The largest absolute Gasteiger partial charge is 0.383 e. The number of hydroxylamine groups is 1. The molecule has 0 aromatic heterocycles. The van der Waals surface area contributed by atoms with Gasteiger partial charge in [0.15, 0.2) is 14.6 Å². The van der Waals surface area contributed by atoms with E-state index in [0.717, 1.165) is 9.79 Å². The van der Waals surface area contributed by atoms with E-state index in [4.69, 9.17) is 4.74 Å². The van der Waals surface area contributed by atoms with Gasteiger partial charge in [-0.2, -0.15) is 0 Å². The molecular formula is C21H26N2O5S2. The third kappa shape index (κ3) is 4.70. The van der Waals surface area contributed by atoms with Crippen molar-refractivity contribution in [2.45, 2.75) is 32.3 Å². The number of amides is 1. The second kappa shape index (κ2) is 9.93. The predicted octanol–water partition coefficient (Wildman–Crippen LogP) is 2.60. The normalized spacial score (nSPS) is 16.9. The first kappa shape index (κ1) is 22.8.